The molecule has 6 aliphatic rings. The Balaban J connectivity index is 0.000000161. The summed E-state index contributed by atoms with van der Waals surface area (Å²) in [5, 5.41) is 2.48. The highest BCUT2D eigenvalue weighted by Crippen LogP contribution is 2.42. The number of benzene rings is 7. The van der Waals surface area contributed by atoms with Crippen molar-refractivity contribution in [2.75, 3.05) is 0 Å². The number of aromatic nitrogens is 1. The molecule has 7 aromatic carbocycles. The fraction of sp³-hybridized carbons (Fsp3) is 0.417. The van der Waals surface area contributed by atoms with Crippen LogP contribution in [-0.4, -0.2) is 43.8 Å². The zero-order chi connectivity index (χ0) is 81.7. The fourth-order valence-electron chi connectivity index (χ4n) is 13.0. The maximum Gasteiger partial charge on any atom is 0.167 e. The molecule has 0 saturated heterocycles. The first-order chi connectivity index (χ1) is 50.8. The minimum Gasteiger partial charge on any atom is -0.488 e. The van der Waals surface area contributed by atoms with Gasteiger partial charge in [0, 0.05) is 52.5 Å². The lowest BCUT2D eigenvalue weighted by Crippen LogP contribution is -2.23. The van der Waals surface area contributed by atoms with Crippen LogP contribution in [0, 0.1) is 25.5 Å². The van der Waals surface area contributed by atoms with Crippen LogP contribution in [0.25, 0.3) is 46.9 Å². The average molecular weight is 1540 g/mol. The molecule has 8 aromatic rings. The lowest BCUT2D eigenvalue weighted by atomic mass is 10.0. The third-order valence-electron chi connectivity index (χ3n) is 17.5. The van der Waals surface area contributed by atoms with Crippen molar-refractivity contribution in [3.05, 3.63) is 238 Å². The molecule has 0 amide bonds. The highest BCUT2D eigenvalue weighted by Gasteiger charge is 2.26. The van der Waals surface area contributed by atoms with Crippen molar-refractivity contribution < 1.29 is 50.7 Å². The van der Waals surface area contributed by atoms with E-state index >= 15 is 0 Å². The number of aryl methyl sites for hydroxylation is 2. The van der Waals surface area contributed by atoms with Crippen molar-refractivity contribution in [2.45, 2.75) is 258 Å². The van der Waals surface area contributed by atoms with E-state index in [0.717, 1.165) is 120 Å². The van der Waals surface area contributed by atoms with Crippen LogP contribution in [0.2, 0.25) is 10.0 Å². The number of fused-ring (bicyclic) bond motifs is 7. The Morgan fingerprint density at radius 1 is 0.382 bits per heavy atom. The number of ether oxygens (including phenoxy) is 7. The van der Waals surface area contributed by atoms with E-state index in [1.165, 1.54) is 51.1 Å². The maximum absolute atomic E-state index is 13.9. The summed E-state index contributed by atoms with van der Waals surface area (Å²) < 4.78 is 96.8. The first-order valence-corrected chi connectivity index (χ1v) is 38.8. The molecule has 0 aliphatic heterocycles. The number of nitrogens with zero attached hydrogens (tertiary/aromatic N) is 1. The highest BCUT2D eigenvalue weighted by atomic mass is 35.5. The van der Waals surface area contributed by atoms with Crippen LogP contribution in [0.3, 0.4) is 0 Å². The second kappa shape index (κ2) is 34.6. The van der Waals surface area contributed by atoms with Crippen LogP contribution < -0.4 is 33.2 Å². The highest BCUT2D eigenvalue weighted by molar-refractivity contribution is 6.34. The summed E-state index contributed by atoms with van der Waals surface area (Å²) >= 11 is 12.6. The minimum absolute atomic E-state index is 0.0886. The molecule has 1 heterocycles. The normalized spacial score (nSPS) is 14.2. The first-order valence-electron chi connectivity index (χ1n) is 38.1. The number of hydrogen-bond acceptors (Lipinski definition) is 7. The van der Waals surface area contributed by atoms with Crippen LogP contribution in [0.4, 0.5) is 17.6 Å². The van der Waals surface area contributed by atoms with Gasteiger partial charge in [0.05, 0.1) is 15.6 Å². The predicted molar refractivity (Wildman–Crippen MR) is 454 cm³/mol. The Bertz CT molecular complexity index is 4790. The molecular formula is C96H117Cl2F4NO7. The van der Waals surface area contributed by atoms with Gasteiger partial charge in [-0.1, -0.05) is 101 Å². The van der Waals surface area contributed by atoms with Gasteiger partial charge < -0.3 is 37.7 Å². The Labute approximate surface area is 664 Å². The zero-order valence-electron chi connectivity index (χ0n) is 70.2. The van der Waals surface area contributed by atoms with Gasteiger partial charge in [0.2, 0.25) is 0 Å². The maximum atomic E-state index is 13.9. The standard InChI is InChI=1S/C15H20O.C14H17ClO.C14H18FNO.C14H17FO.C13H15ClO.2C13H15FO/c1-10-8-12-6-7-14(16-15(3,4)5)11(2)13(12)9-10;1-9-7-10-5-6-12(16-14(2,3)4)13(15)11(10)8-9;1-9-6-10-7-13(17-14(2,3)4)11(15)8-12(10)16(9)5;1-9-7-10-5-6-11(16-14(2,3)4)8-12(10)13(9)15;1-13(2,3)15-11-8-7-9-5-4-6-10(9)12(11)14;1-13(2,3)15-10-6-4-9-5-7-12(14)11(9)8-10;1-13(2,3)15-10-7-9-5-4-6-11(9)12(14)8-10/h6-7,9H,8H2,1-5H3;5-6,8H,7H2,1-4H3;6-8H,1-5H3;5-6,8H,7H2,1-4H3;2*4,6-8H,5H2,1-3H3;4-5,7-8H,6H2,1-3H3. The number of rotatable bonds is 7. The predicted octanol–water partition coefficient (Wildman–Crippen LogP) is 27.9. The molecule has 110 heavy (non-hydrogen) atoms. The average Bonchev–Trinajstić information content (AvgIpc) is 1.63. The van der Waals surface area contributed by atoms with Crippen molar-refractivity contribution in [3.63, 3.8) is 0 Å². The molecule has 0 atom stereocenters. The molecule has 0 fully saturated rings. The van der Waals surface area contributed by atoms with E-state index in [1.54, 1.807) is 24.3 Å². The smallest absolute Gasteiger partial charge is 0.167 e. The molecule has 0 bridgehead atoms. The molecular weight excluding hydrogens is 1430 g/mol. The van der Waals surface area contributed by atoms with Crippen LogP contribution in [0.15, 0.2) is 138 Å². The molecule has 0 saturated carbocycles. The largest absolute Gasteiger partial charge is 0.488 e. The van der Waals surface area contributed by atoms with Gasteiger partial charge in [-0.2, -0.15) is 0 Å². The summed E-state index contributed by atoms with van der Waals surface area (Å²) in [7, 11) is 1.93. The Morgan fingerprint density at radius 3 is 1.39 bits per heavy atom. The second-order valence-electron chi connectivity index (χ2n) is 36.0. The number of hydrogen-bond donors (Lipinski definition) is 0. The van der Waals surface area contributed by atoms with E-state index in [4.69, 9.17) is 56.4 Å². The van der Waals surface area contributed by atoms with Gasteiger partial charge in [0.25, 0.3) is 0 Å². The van der Waals surface area contributed by atoms with E-state index in [9.17, 15) is 17.6 Å². The van der Waals surface area contributed by atoms with Gasteiger partial charge >= 0.3 is 0 Å². The van der Waals surface area contributed by atoms with Crippen LogP contribution in [0.5, 0.6) is 40.2 Å². The Hall–Kier alpha value is -8.58. The first kappa shape index (κ1) is 87.0. The van der Waals surface area contributed by atoms with Gasteiger partial charge in [-0.3, -0.25) is 0 Å². The number of allylic oxidation sites excluding steroid dienone is 6. The third kappa shape index (κ3) is 25.0. The summed E-state index contributed by atoms with van der Waals surface area (Å²) in [6, 6.07) is 32.4. The topological polar surface area (TPSA) is 69.5 Å². The summed E-state index contributed by atoms with van der Waals surface area (Å²) in [6.45, 7) is 52.2. The van der Waals surface area contributed by atoms with Gasteiger partial charge in [0.15, 0.2) is 11.6 Å². The van der Waals surface area contributed by atoms with Crippen molar-refractivity contribution in [1.82, 2.24) is 4.57 Å². The molecule has 8 nitrogen and oxygen atoms in total. The summed E-state index contributed by atoms with van der Waals surface area (Å²) in [5.74, 6) is 4.23. The van der Waals surface area contributed by atoms with E-state index in [0.29, 0.717) is 35.5 Å². The Morgan fingerprint density at radius 2 is 0.836 bits per heavy atom. The second-order valence-corrected chi connectivity index (χ2v) is 36.8. The van der Waals surface area contributed by atoms with E-state index < -0.39 is 5.60 Å². The van der Waals surface area contributed by atoms with Crippen molar-refractivity contribution in [1.29, 1.82) is 0 Å². The molecule has 0 N–H and O–H groups in total. The molecule has 14 heteroatoms. The third-order valence-corrected chi connectivity index (χ3v) is 18.2. The lowest BCUT2D eigenvalue weighted by Gasteiger charge is -2.23. The van der Waals surface area contributed by atoms with Crippen LogP contribution in [0.1, 0.15) is 244 Å². The summed E-state index contributed by atoms with van der Waals surface area (Å²) in [5.41, 5.74) is 17.9. The zero-order valence-corrected chi connectivity index (χ0v) is 71.7. The van der Waals surface area contributed by atoms with Gasteiger partial charge in [-0.05, 0) is 341 Å². The minimum atomic E-state index is -0.391. The van der Waals surface area contributed by atoms with E-state index in [1.807, 2.05) is 211 Å². The Kier molecular flexibility index (Phi) is 27.4. The van der Waals surface area contributed by atoms with Crippen LogP contribution >= 0.6 is 23.2 Å². The van der Waals surface area contributed by atoms with Crippen LogP contribution in [-0.2, 0) is 45.6 Å². The molecule has 6 aliphatic carbocycles. The summed E-state index contributed by atoms with van der Waals surface area (Å²) in [4.78, 5) is 0. The molecule has 590 valence electrons. The molecule has 0 radical (unpaired) electrons. The number of halogens is 6. The fourth-order valence-corrected chi connectivity index (χ4v) is 13.5. The van der Waals surface area contributed by atoms with Gasteiger partial charge in [0.1, 0.15) is 91.2 Å². The van der Waals surface area contributed by atoms with Crippen molar-refractivity contribution >= 4 is 70.1 Å². The SMILES string of the molecule is CC(C)(C)Oc1cc(F)c2c(c1)C=CC2.CC(C)(C)Oc1ccc2c(c1)C(F)=CC2.CC(C)(C)Oc1ccc2c(c1Cl)C=CC2.CC1=C(F)c2cc(OC(C)(C)C)ccc2C1.CC1=Cc2c(ccc(OC(C)(C)C)c2C)C1.CC1=Cc2c(ccc(OC(C)(C)C)c2Cl)C1.Cc1cc2cc(OC(C)(C)C)c(F)cc2n1C. The molecule has 1 aromatic heterocycles. The van der Waals surface area contributed by atoms with Gasteiger partial charge in [-0.15, -0.1) is 0 Å². The molecule has 0 spiro atoms. The monoisotopic (exact) mass is 1540 g/mol. The van der Waals surface area contributed by atoms with Crippen molar-refractivity contribution in [3.8, 4) is 40.2 Å². The van der Waals surface area contributed by atoms with E-state index in [2.05, 4.69) is 90.1 Å². The molecule has 14 rings (SSSR count). The molecule has 0 unspecified atom stereocenters. The van der Waals surface area contributed by atoms with Gasteiger partial charge in [-0.25, -0.2) is 17.6 Å². The summed E-state index contributed by atoms with van der Waals surface area (Å²) in [6.07, 6.45) is 19.3. The quantitative estimate of drug-likeness (QED) is 0.147. The van der Waals surface area contributed by atoms with E-state index in [-0.39, 0.29) is 56.9 Å². The lowest BCUT2D eigenvalue weighted by molar-refractivity contribution is 0.124. The van der Waals surface area contributed by atoms with Crippen molar-refractivity contribution in [2.24, 2.45) is 7.05 Å².